The van der Waals surface area contributed by atoms with E-state index in [1.807, 2.05) is 34.8 Å². The Labute approximate surface area is 144 Å². The first-order valence-electron chi connectivity index (χ1n) is 8.56. The average Bonchev–Trinajstić information content (AvgIpc) is 3.31. The minimum Gasteiger partial charge on any atom is -0.399 e. The van der Waals surface area contributed by atoms with E-state index < -0.39 is 0 Å². The number of benzene rings is 2. The Kier molecular flexibility index (Phi) is 3.09. The van der Waals surface area contributed by atoms with Crippen LogP contribution >= 0.6 is 0 Å². The number of hydrogen-bond acceptors (Lipinski definition) is 5. The van der Waals surface area contributed by atoms with E-state index in [1.54, 1.807) is 0 Å². The lowest BCUT2D eigenvalue weighted by molar-refractivity contribution is 0.871. The van der Waals surface area contributed by atoms with Crippen molar-refractivity contribution in [1.82, 2.24) is 19.8 Å². The van der Waals surface area contributed by atoms with Gasteiger partial charge in [0.05, 0.1) is 0 Å². The van der Waals surface area contributed by atoms with E-state index in [4.69, 9.17) is 10.8 Å². The maximum absolute atomic E-state index is 5.81. The molecule has 124 valence electrons. The predicted molar refractivity (Wildman–Crippen MR) is 99.6 cm³/mol. The first-order chi connectivity index (χ1) is 12.3. The lowest BCUT2D eigenvalue weighted by Crippen LogP contribution is -2.20. The van der Waals surface area contributed by atoms with E-state index in [9.17, 15) is 0 Å². The Hall–Kier alpha value is -3.15. The SMILES string of the molecule is Nc1ccc(-c2nnc3c4ccccc4c(N4CCCC4)nn23)cc1. The van der Waals surface area contributed by atoms with Crippen molar-refractivity contribution in [3.05, 3.63) is 48.5 Å². The standard InChI is InChI=1S/C19H18N6/c20-14-9-7-13(8-10-14)17-21-22-18-15-5-1-2-6-16(15)19(23-25(17)18)24-11-3-4-12-24/h1-2,5-10H,3-4,11-12,20H2. The molecular weight excluding hydrogens is 312 g/mol. The summed E-state index contributed by atoms with van der Waals surface area (Å²) >= 11 is 0. The number of nitrogens with two attached hydrogens (primary N) is 1. The largest absolute Gasteiger partial charge is 0.399 e. The quantitative estimate of drug-likeness (QED) is 0.572. The van der Waals surface area contributed by atoms with Gasteiger partial charge in [-0.2, -0.15) is 4.52 Å². The number of nitrogen functional groups attached to an aromatic ring is 1. The maximum Gasteiger partial charge on any atom is 0.186 e. The molecule has 2 aromatic carbocycles. The first-order valence-corrected chi connectivity index (χ1v) is 8.56. The van der Waals surface area contributed by atoms with Crippen molar-refractivity contribution in [2.75, 3.05) is 23.7 Å². The van der Waals surface area contributed by atoms with Crippen LogP contribution in [0.25, 0.3) is 27.8 Å². The van der Waals surface area contributed by atoms with E-state index in [2.05, 4.69) is 33.3 Å². The van der Waals surface area contributed by atoms with Crippen LogP contribution in [0.1, 0.15) is 12.8 Å². The lowest BCUT2D eigenvalue weighted by Gasteiger charge is -2.18. The second kappa shape index (κ2) is 5.44. The Morgan fingerprint density at radius 3 is 2.32 bits per heavy atom. The molecule has 1 saturated heterocycles. The van der Waals surface area contributed by atoms with Crippen LogP contribution in [-0.4, -0.2) is 32.9 Å². The van der Waals surface area contributed by atoms with Crippen LogP contribution in [0.3, 0.4) is 0 Å². The summed E-state index contributed by atoms with van der Waals surface area (Å²) in [5, 5.41) is 16.0. The zero-order chi connectivity index (χ0) is 16.8. The minimum absolute atomic E-state index is 0.730. The molecule has 3 heterocycles. The molecule has 4 aromatic rings. The fourth-order valence-corrected chi connectivity index (χ4v) is 3.54. The topological polar surface area (TPSA) is 72.3 Å². The number of aromatic nitrogens is 4. The van der Waals surface area contributed by atoms with E-state index >= 15 is 0 Å². The minimum atomic E-state index is 0.730. The average molecular weight is 330 g/mol. The van der Waals surface area contributed by atoms with Gasteiger partial charge in [0.2, 0.25) is 0 Å². The van der Waals surface area contributed by atoms with Crippen molar-refractivity contribution in [2.24, 2.45) is 0 Å². The Morgan fingerprint density at radius 2 is 1.56 bits per heavy atom. The van der Waals surface area contributed by atoms with Crippen LogP contribution in [0.2, 0.25) is 0 Å². The lowest BCUT2D eigenvalue weighted by atomic mass is 10.1. The van der Waals surface area contributed by atoms with Gasteiger partial charge in [-0.1, -0.05) is 24.3 Å². The fraction of sp³-hybridized carbons (Fsp3) is 0.211. The molecule has 0 bridgehead atoms. The molecule has 0 unspecified atom stereocenters. The van der Waals surface area contributed by atoms with Crippen LogP contribution in [0.15, 0.2) is 48.5 Å². The molecule has 2 N–H and O–H groups in total. The van der Waals surface area contributed by atoms with Gasteiger partial charge in [-0.3, -0.25) is 0 Å². The zero-order valence-electron chi connectivity index (χ0n) is 13.8. The van der Waals surface area contributed by atoms with Crippen LogP contribution in [0.4, 0.5) is 11.5 Å². The fourth-order valence-electron chi connectivity index (χ4n) is 3.54. The summed E-state index contributed by atoms with van der Waals surface area (Å²) in [5.41, 5.74) is 8.28. The van der Waals surface area contributed by atoms with Gasteiger partial charge in [0.1, 0.15) is 0 Å². The summed E-state index contributed by atoms with van der Waals surface area (Å²) in [5.74, 6) is 1.75. The number of nitrogens with zero attached hydrogens (tertiary/aromatic N) is 5. The molecule has 6 nitrogen and oxygen atoms in total. The molecule has 0 amide bonds. The third-order valence-corrected chi connectivity index (χ3v) is 4.82. The van der Waals surface area contributed by atoms with E-state index in [1.165, 1.54) is 12.8 Å². The summed E-state index contributed by atoms with van der Waals surface area (Å²) < 4.78 is 1.86. The van der Waals surface area contributed by atoms with Crippen molar-refractivity contribution in [3.8, 4) is 11.4 Å². The number of fused-ring (bicyclic) bond motifs is 3. The molecule has 0 aliphatic carbocycles. The van der Waals surface area contributed by atoms with Crippen molar-refractivity contribution in [2.45, 2.75) is 12.8 Å². The van der Waals surface area contributed by atoms with Gasteiger partial charge in [0, 0.05) is 35.1 Å². The predicted octanol–water partition coefficient (Wildman–Crippen LogP) is 3.13. The Morgan fingerprint density at radius 1 is 0.840 bits per heavy atom. The molecule has 6 heteroatoms. The third-order valence-electron chi connectivity index (χ3n) is 4.82. The van der Waals surface area contributed by atoms with Crippen LogP contribution in [0, 0.1) is 0 Å². The van der Waals surface area contributed by atoms with Crippen molar-refractivity contribution < 1.29 is 0 Å². The molecule has 1 fully saturated rings. The molecule has 1 aliphatic rings. The maximum atomic E-state index is 5.81. The molecule has 0 atom stereocenters. The molecule has 25 heavy (non-hydrogen) atoms. The van der Waals surface area contributed by atoms with Gasteiger partial charge in [-0.15, -0.1) is 15.3 Å². The second-order valence-electron chi connectivity index (χ2n) is 6.44. The second-order valence-corrected chi connectivity index (χ2v) is 6.44. The normalized spacial score (nSPS) is 14.6. The summed E-state index contributed by atoms with van der Waals surface area (Å²) in [7, 11) is 0. The molecular formula is C19H18N6. The van der Waals surface area contributed by atoms with Crippen LogP contribution in [-0.2, 0) is 0 Å². The van der Waals surface area contributed by atoms with Gasteiger partial charge < -0.3 is 10.6 Å². The van der Waals surface area contributed by atoms with Gasteiger partial charge in [-0.25, -0.2) is 0 Å². The highest BCUT2D eigenvalue weighted by Gasteiger charge is 2.20. The number of hydrogen-bond donors (Lipinski definition) is 1. The highest BCUT2D eigenvalue weighted by Crippen LogP contribution is 2.31. The van der Waals surface area contributed by atoms with Crippen molar-refractivity contribution in [3.63, 3.8) is 0 Å². The summed E-state index contributed by atoms with van der Waals surface area (Å²) in [6, 6.07) is 16.0. The third kappa shape index (κ3) is 2.21. The van der Waals surface area contributed by atoms with Gasteiger partial charge in [0.15, 0.2) is 17.3 Å². The molecule has 0 saturated carbocycles. The number of anilines is 2. The van der Waals surface area contributed by atoms with Gasteiger partial charge >= 0.3 is 0 Å². The summed E-state index contributed by atoms with van der Waals surface area (Å²) in [6.07, 6.45) is 2.42. The molecule has 5 rings (SSSR count). The monoisotopic (exact) mass is 330 g/mol. The molecule has 2 aromatic heterocycles. The molecule has 0 radical (unpaired) electrons. The van der Waals surface area contributed by atoms with Crippen molar-refractivity contribution >= 4 is 27.9 Å². The first kappa shape index (κ1) is 14.2. The van der Waals surface area contributed by atoms with E-state index in [0.717, 1.165) is 52.4 Å². The smallest absolute Gasteiger partial charge is 0.186 e. The van der Waals surface area contributed by atoms with E-state index in [-0.39, 0.29) is 0 Å². The summed E-state index contributed by atoms with van der Waals surface area (Å²) in [4.78, 5) is 2.36. The highest BCUT2D eigenvalue weighted by atomic mass is 15.4. The molecule has 0 spiro atoms. The van der Waals surface area contributed by atoms with Crippen LogP contribution < -0.4 is 10.6 Å². The van der Waals surface area contributed by atoms with Gasteiger partial charge in [-0.05, 0) is 37.1 Å². The highest BCUT2D eigenvalue weighted by molar-refractivity contribution is 6.00. The summed E-state index contributed by atoms with van der Waals surface area (Å²) in [6.45, 7) is 2.09. The zero-order valence-corrected chi connectivity index (χ0v) is 13.8. The van der Waals surface area contributed by atoms with Crippen molar-refractivity contribution in [1.29, 1.82) is 0 Å². The molecule has 1 aliphatic heterocycles. The van der Waals surface area contributed by atoms with E-state index in [0.29, 0.717) is 0 Å². The number of rotatable bonds is 2. The Balaban J connectivity index is 1.80. The van der Waals surface area contributed by atoms with Gasteiger partial charge in [0.25, 0.3) is 0 Å². The Bertz CT molecular complexity index is 1060. The van der Waals surface area contributed by atoms with Crippen LogP contribution in [0.5, 0.6) is 0 Å².